The summed E-state index contributed by atoms with van der Waals surface area (Å²) < 4.78 is 18.1. The number of nitro groups is 1. The van der Waals surface area contributed by atoms with Gasteiger partial charge in [0.2, 0.25) is 5.91 Å². The molecule has 0 radical (unpaired) electrons. The minimum absolute atomic E-state index is 0.0191. The van der Waals surface area contributed by atoms with E-state index in [0.717, 1.165) is 5.56 Å². The Bertz CT molecular complexity index is 671. The summed E-state index contributed by atoms with van der Waals surface area (Å²) in [6, 6.07) is 11.5. The maximum absolute atomic E-state index is 12.7. The Labute approximate surface area is 132 Å². The highest BCUT2D eigenvalue weighted by Crippen LogP contribution is 2.17. The van der Waals surface area contributed by atoms with E-state index in [4.69, 9.17) is 4.74 Å². The molecule has 0 saturated carbocycles. The molecule has 6 nitrogen and oxygen atoms in total. The van der Waals surface area contributed by atoms with Gasteiger partial charge in [-0.05, 0) is 29.8 Å². The van der Waals surface area contributed by atoms with Crippen molar-refractivity contribution in [3.05, 3.63) is 70.0 Å². The molecule has 0 unspecified atom stereocenters. The maximum Gasteiger partial charge on any atom is 0.269 e. The monoisotopic (exact) mass is 318 g/mol. The molecule has 0 bridgehead atoms. The Hall–Kier alpha value is -2.96. The van der Waals surface area contributed by atoms with Crippen LogP contribution in [-0.4, -0.2) is 17.4 Å². The van der Waals surface area contributed by atoms with Crippen LogP contribution in [0.4, 0.5) is 10.1 Å². The van der Waals surface area contributed by atoms with Crippen LogP contribution in [0.25, 0.3) is 0 Å². The van der Waals surface area contributed by atoms with Gasteiger partial charge >= 0.3 is 0 Å². The molecule has 1 N–H and O–H groups in total. The van der Waals surface area contributed by atoms with Crippen molar-refractivity contribution in [3.8, 4) is 5.75 Å². The molecule has 120 valence electrons. The topological polar surface area (TPSA) is 81.5 Å². The van der Waals surface area contributed by atoms with Gasteiger partial charge in [0.05, 0.1) is 18.0 Å². The summed E-state index contributed by atoms with van der Waals surface area (Å²) in [7, 11) is 0. The number of hydrogen-bond donors (Lipinski definition) is 1. The van der Waals surface area contributed by atoms with Gasteiger partial charge in [0, 0.05) is 18.7 Å². The van der Waals surface area contributed by atoms with E-state index in [-0.39, 0.29) is 30.4 Å². The van der Waals surface area contributed by atoms with Crippen molar-refractivity contribution in [2.24, 2.45) is 0 Å². The molecule has 0 aliphatic rings. The average Bonchev–Trinajstić information content (AvgIpc) is 2.55. The Kier molecular flexibility index (Phi) is 5.62. The molecule has 7 heteroatoms. The Morgan fingerprint density at radius 1 is 1.13 bits per heavy atom. The highest BCUT2D eigenvalue weighted by molar-refractivity contribution is 5.75. The maximum atomic E-state index is 12.7. The highest BCUT2D eigenvalue weighted by atomic mass is 19.1. The zero-order chi connectivity index (χ0) is 16.7. The first-order valence-corrected chi connectivity index (χ1v) is 6.93. The first-order valence-electron chi connectivity index (χ1n) is 6.93. The quantitative estimate of drug-likeness (QED) is 0.628. The second-order valence-electron chi connectivity index (χ2n) is 4.75. The SMILES string of the molecule is O=C(CCOc1ccc([N+](=O)[O-])cc1)NCc1ccc(F)cc1. The fourth-order valence-corrected chi connectivity index (χ4v) is 1.82. The lowest BCUT2D eigenvalue weighted by Crippen LogP contribution is -2.24. The zero-order valence-electron chi connectivity index (χ0n) is 12.2. The first kappa shape index (κ1) is 16.4. The minimum atomic E-state index is -0.493. The third-order valence-corrected chi connectivity index (χ3v) is 3.05. The van der Waals surface area contributed by atoms with E-state index >= 15 is 0 Å². The molecule has 2 rings (SSSR count). The first-order chi connectivity index (χ1) is 11.0. The number of rotatable bonds is 7. The van der Waals surface area contributed by atoms with E-state index in [2.05, 4.69) is 5.32 Å². The van der Waals surface area contributed by atoms with Crippen LogP contribution in [0.15, 0.2) is 48.5 Å². The number of carbonyl (C=O) groups excluding carboxylic acids is 1. The molecule has 1 amide bonds. The minimum Gasteiger partial charge on any atom is -0.493 e. The molecule has 0 heterocycles. The summed E-state index contributed by atoms with van der Waals surface area (Å²) in [6.45, 7) is 0.476. The van der Waals surface area contributed by atoms with Crippen molar-refractivity contribution in [2.75, 3.05) is 6.61 Å². The van der Waals surface area contributed by atoms with Gasteiger partial charge in [-0.25, -0.2) is 4.39 Å². The van der Waals surface area contributed by atoms with Crippen molar-refractivity contribution in [1.82, 2.24) is 5.32 Å². The summed E-state index contributed by atoms with van der Waals surface area (Å²) in [6.07, 6.45) is 0.151. The van der Waals surface area contributed by atoms with E-state index in [9.17, 15) is 19.3 Å². The lowest BCUT2D eigenvalue weighted by atomic mass is 10.2. The molecule has 2 aromatic rings. The van der Waals surface area contributed by atoms with Crippen molar-refractivity contribution < 1.29 is 18.8 Å². The lowest BCUT2D eigenvalue weighted by Gasteiger charge is -2.07. The average molecular weight is 318 g/mol. The van der Waals surface area contributed by atoms with E-state index in [0.29, 0.717) is 12.3 Å². The van der Waals surface area contributed by atoms with Crippen LogP contribution in [-0.2, 0) is 11.3 Å². The molecular weight excluding hydrogens is 303 g/mol. The summed E-state index contributed by atoms with van der Waals surface area (Å²) in [4.78, 5) is 21.7. The molecule has 0 aliphatic carbocycles. The van der Waals surface area contributed by atoms with Crippen molar-refractivity contribution in [3.63, 3.8) is 0 Å². The number of nitro benzene ring substituents is 1. The molecule has 0 aliphatic heterocycles. The van der Waals surface area contributed by atoms with E-state index in [1.54, 1.807) is 12.1 Å². The molecule has 0 atom stereocenters. The molecule has 23 heavy (non-hydrogen) atoms. The highest BCUT2D eigenvalue weighted by Gasteiger charge is 2.06. The smallest absolute Gasteiger partial charge is 0.269 e. The van der Waals surface area contributed by atoms with Gasteiger partial charge in [-0.3, -0.25) is 14.9 Å². The number of nitrogens with zero attached hydrogens (tertiary/aromatic N) is 1. The number of halogens is 1. The number of amides is 1. The predicted octanol–water partition coefficient (Wildman–Crippen LogP) is 2.82. The van der Waals surface area contributed by atoms with Gasteiger partial charge in [0.15, 0.2) is 0 Å². The molecular formula is C16H15FN2O4. The second kappa shape index (κ2) is 7.88. The fraction of sp³-hybridized carbons (Fsp3) is 0.188. The molecule has 0 aromatic heterocycles. The number of benzene rings is 2. The van der Waals surface area contributed by atoms with Crippen LogP contribution in [0.5, 0.6) is 5.75 Å². The van der Waals surface area contributed by atoms with Gasteiger partial charge in [0.1, 0.15) is 11.6 Å². The van der Waals surface area contributed by atoms with Gasteiger partial charge in [-0.1, -0.05) is 12.1 Å². The van der Waals surface area contributed by atoms with E-state index in [1.165, 1.54) is 36.4 Å². The predicted molar refractivity (Wildman–Crippen MR) is 81.5 cm³/mol. The molecule has 0 saturated heterocycles. The van der Waals surface area contributed by atoms with Crippen LogP contribution in [0.3, 0.4) is 0 Å². The van der Waals surface area contributed by atoms with Gasteiger partial charge in [-0.2, -0.15) is 0 Å². The number of hydrogen-bond acceptors (Lipinski definition) is 4. The summed E-state index contributed by atoms with van der Waals surface area (Å²) in [5.41, 5.74) is 0.783. The number of carbonyl (C=O) groups is 1. The number of non-ortho nitro benzene ring substituents is 1. The van der Waals surface area contributed by atoms with Crippen LogP contribution in [0, 0.1) is 15.9 Å². The lowest BCUT2D eigenvalue weighted by molar-refractivity contribution is -0.384. The van der Waals surface area contributed by atoms with Gasteiger partial charge in [-0.15, -0.1) is 0 Å². The van der Waals surface area contributed by atoms with Gasteiger partial charge < -0.3 is 10.1 Å². The standard InChI is InChI=1S/C16H15FN2O4/c17-13-3-1-12(2-4-13)11-18-16(20)9-10-23-15-7-5-14(6-8-15)19(21)22/h1-8H,9-11H2,(H,18,20). The van der Waals surface area contributed by atoms with Crippen LogP contribution in [0.1, 0.15) is 12.0 Å². The van der Waals surface area contributed by atoms with E-state index in [1.807, 2.05) is 0 Å². The Balaban J connectivity index is 1.70. The summed E-state index contributed by atoms with van der Waals surface area (Å²) in [5, 5.41) is 13.2. The van der Waals surface area contributed by atoms with Gasteiger partial charge in [0.25, 0.3) is 5.69 Å². The normalized spacial score (nSPS) is 10.1. The third-order valence-electron chi connectivity index (χ3n) is 3.05. The largest absolute Gasteiger partial charge is 0.493 e. The van der Waals surface area contributed by atoms with Crippen molar-refractivity contribution in [2.45, 2.75) is 13.0 Å². The third kappa shape index (κ3) is 5.39. The number of ether oxygens (including phenoxy) is 1. The Morgan fingerprint density at radius 2 is 1.78 bits per heavy atom. The zero-order valence-corrected chi connectivity index (χ0v) is 12.2. The van der Waals surface area contributed by atoms with Crippen LogP contribution < -0.4 is 10.1 Å². The molecule has 2 aromatic carbocycles. The van der Waals surface area contributed by atoms with Crippen LogP contribution >= 0.6 is 0 Å². The summed E-state index contributed by atoms with van der Waals surface area (Å²) in [5.74, 6) is -0.0604. The van der Waals surface area contributed by atoms with Crippen LogP contribution in [0.2, 0.25) is 0 Å². The number of nitrogens with one attached hydrogen (secondary N) is 1. The summed E-state index contributed by atoms with van der Waals surface area (Å²) >= 11 is 0. The Morgan fingerprint density at radius 3 is 2.39 bits per heavy atom. The van der Waals surface area contributed by atoms with Crippen molar-refractivity contribution in [1.29, 1.82) is 0 Å². The molecule has 0 spiro atoms. The van der Waals surface area contributed by atoms with Crippen molar-refractivity contribution >= 4 is 11.6 Å². The second-order valence-corrected chi connectivity index (χ2v) is 4.75. The molecule has 0 fully saturated rings. The fourth-order valence-electron chi connectivity index (χ4n) is 1.82. The van der Waals surface area contributed by atoms with E-state index < -0.39 is 4.92 Å².